The number of nitrogens with zero attached hydrogens (tertiary/aromatic N) is 2. The molecular formula is C15H15BrClN3. The van der Waals surface area contributed by atoms with Crippen LogP contribution in [0.15, 0.2) is 28.7 Å². The Morgan fingerprint density at radius 1 is 1.20 bits per heavy atom. The van der Waals surface area contributed by atoms with Crippen LogP contribution >= 0.6 is 27.5 Å². The fourth-order valence-electron chi connectivity index (χ4n) is 2.46. The van der Waals surface area contributed by atoms with Crippen LogP contribution in [0.4, 0.5) is 5.95 Å². The molecule has 3 rings (SSSR count). The molecule has 0 fully saturated rings. The number of rotatable bonds is 3. The summed E-state index contributed by atoms with van der Waals surface area (Å²) >= 11 is 9.72. The molecule has 0 saturated carbocycles. The molecule has 0 bridgehead atoms. The van der Waals surface area contributed by atoms with Gasteiger partial charge in [0.25, 0.3) is 0 Å². The molecule has 0 atom stereocenters. The minimum atomic E-state index is 0.603. The Bertz CT molecular complexity index is 631. The number of fused-ring (bicyclic) bond motifs is 1. The van der Waals surface area contributed by atoms with Gasteiger partial charge < -0.3 is 5.32 Å². The van der Waals surface area contributed by atoms with Gasteiger partial charge in [-0.15, -0.1) is 0 Å². The molecule has 104 valence electrons. The quantitative estimate of drug-likeness (QED) is 0.833. The minimum absolute atomic E-state index is 0.603. The van der Waals surface area contributed by atoms with E-state index < -0.39 is 0 Å². The Morgan fingerprint density at radius 2 is 2.05 bits per heavy atom. The summed E-state index contributed by atoms with van der Waals surface area (Å²) in [6.45, 7) is 0.689. The van der Waals surface area contributed by atoms with Crippen LogP contribution < -0.4 is 5.32 Å². The van der Waals surface area contributed by atoms with E-state index in [1.165, 1.54) is 18.4 Å². The summed E-state index contributed by atoms with van der Waals surface area (Å²) in [5, 5.41) is 3.85. The Balaban J connectivity index is 1.76. The van der Waals surface area contributed by atoms with Crippen molar-refractivity contribution >= 4 is 33.5 Å². The lowest BCUT2D eigenvalue weighted by Gasteiger charge is -2.16. The zero-order valence-electron chi connectivity index (χ0n) is 11.0. The van der Waals surface area contributed by atoms with Crippen LogP contribution in [0.1, 0.15) is 29.7 Å². The molecule has 20 heavy (non-hydrogen) atoms. The largest absolute Gasteiger partial charge is 0.350 e. The standard InChI is InChI=1S/C15H15BrClN3/c16-11-5-3-4-10(8-11)9-18-15-19-13-7-2-1-6-12(13)14(17)20-15/h3-5,8H,1-2,6-7,9H2,(H,18,19,20). The highest BCUT2D eigenvalue weighted by Crippen LogP contribution is 2.26. The summed E-state index contributed by atoms with van der Waals surface area (Å²) in [5.74, 6) is 0.621. The number of hydrogen-bond donors (Lipinski definition) is 1. The van der Waals surface area contributed by atoms with Crippen LogP contribution in [0.2, 0.25) is 5.15 Å². The number of nitrogens with one attached hydrogen (secondary N) is 1. The lowest BCUT2D eigenvalue weighted by atomic mass is 9.97. The van der Waals surface area contributed by atoms with Gasteiger partial charge in [0.1, 0.15) is 5.15 Å². The van der Waals surface area contributed by atoms with E-state index in [1.807, 2.05) is 12.1 Å². The first-order valence-corrected chi connectivity index (χ1v) is 7.93. The van der Waals surface area contributed by atoms with Crippen molar-refractivity contribution in [1.82, 2.24) is 9.97 Å². The zero-order chi connectivity index (χ0) is 13.9. The third-order valence-electron chi connectivity index (χ3n) is 3.47. The Hall–Kier alpha value is -1.13. The first kappa shape index (κ1) is 13.8. The molecular weight excluding hydrogens is 338 g/mol. The molecule has 0 spiro atoms. The lowest BCUT2D eigenvalue weighted by Crippen LogP contribution is -2.11. The fraction of sp³-hybridized carbons (Fsp3) is 0.333. The van der Waals surface area contributed by atoms with Crippen LogP contribution in [-0.4, -0.2) is 9.97 Å². The smallest absolute Gasteiger partial charge is 0.224 e. The molecule has 0 amide bonds. The van der Waals surface area contributed by atoms with Gasteiger partial charge in [-0.3, -0.25) is 0 Å². The maximum absolute atomic E-state index is 6.26. The molecule has 1 aromatic carbocycles. The molecule has 5 heteroatoms. The van der Waals surface area contributed by atoms with Gasteiger partial charge in [0, 0.05) is 16.6 Å². The van der Waals surface area contributed by atoms with E-state index in [0.717, 1.165) is 28.6 Å². The summed E-state index contributed by atoms with van der Waals surface area (Å²) in [4.78, 5) is 8.95. The molecule has 1 aliphatic rings. The maximum Gasteiger partial charge on any atom is 0.224 e. The lowest BCUT2D eigenvalue weighted by molar-refractivity contribution is 0.663. The number of hydrogen-bond acceptors (Lipinski definition) is 3. The number of aryl methyl sites for hydroxylation is 1. The summed E-state index contributed by atoms with van der Waals surface area (Å²) in [5.41, 5.74) is 3.41. The number of aromatic nitrogens is 2. The Morgan fingerprint density at radius 3 is 2.90 bits per heavy atom. The molecule has 3 nitrogen and oxygen atoms in total. The van der Waals surface area contributed by atoms with Crippen molar-refractivity contribution in [3.05, 3.63) is 50.7 Å². The van der Waals surface area contributed by atoms with E-state index in [1.54, 1.807) is 0 Å². The van der Waals surface area contributed by atoms with Crippen molar-refractivity contribution in [2.75, 3.05) is 5.32 Å². The molecule has 2 aromatic rings. The van der Waals surface area contributed by atoms with E-state index in [4.69, 9.17) is 11.6 Å². The predicted octanol–water partition coefficient (Wildman–Crippen LogP) is 4.38. The Kier molecular flexibility index (Phi) is 4.22. The van der Waals surface area contributed by atoms with Crippen LogP contribution in [0.5, 0.6) is 0 Å². The van der Waals surface area contributed by atoms with Crippen molar-refractivity contribution in [3.63, 3.8) is 0 Å². The van der Waals surface area contributed by atoms with Crippen molar-refractivity contribution in [1.29, 1.82) is 0 Å². The average molecular weight is 353 g/mol. The number of benzene rings is 1. The highest BCUT2D eigenvalue weighted by Gasteiger charge is 2.16. The van der Waals surface area contributed by atoms with Crippen molar-refractivity contribution in [3.8, 4) is 0 Å². The number of anilines is 1. The van der Waals surface area contributed by atoms with Gasteiger partial charge >= 0.3 is 0 Å². The van der Waals surface area contributed by atoms with Crippen molar-refractivity contribution in [2.45, 2.75) is 32.2 Å². The molecule has 0 radical (unpaired) electrons. The van der Waals surface area contributed by atoms with Gasteiger partial charge in [0.05, 0.1) is 5.69 Å². The van der Waals surface area contributed by atoms with Crippen LogP contribution in [0, 0.1) is 0 Å². The minimum Gasteiger partial charge on any atom is -0.350 e. The van der Waals surface area contributed by atoms with Crippen LogP contribution in [0.3, 0.4) is 0 Å². The molecule has 1 aromatic heterocycles. The monoisotopic (exact) mass is 351 g/mol. The van der Waals surface area contributed by atoms with E-state index in [-0.39, 0.29) is 0 Å². The molecule has 1 heterocycles. The molecule has 0 aliphatic heterocycles. The van der Waals surface area contributed by atoms with Crippen molar-refractivity contribution in [2.24, 2.45) is 0 Å². The maximum atomic E-state index is 6.26. The second-order valence-corrected chi connectivity index (χ2v) is 6.23. The van der Waals surface area contributed by atoms with Gasteiger partial charge in [0.15, 0.2) is 0 Å². The van der Waals surface area contributed by atoms with Gasteiger partial charge in [-0.1, -0.05) is 39.7 Å². The summed E-state index contributed by atoms with van der Waals surface area (Å²) in [6, 6.07) is 8.17. The fourth-order valence-corrected chi connectivity index (χ4v) is 3.19. The molecule has 1 N–H and O–H groups in total. The topological polar surface area (TPSA) is 37.8 Å². The van der Waals surface area contributed by atoms with E-state index >= 15 is 0 Å². The van der Waals surface area contributed by atoms with E-state index in [9.17, 15) is 0 Å². The normalized spacial score (nSPS) is 13.9. The third-order valence-corrected chi connectivity index (χ3v) is 4.28. The van der Waals surface area contributed by atoms with Gasteiger partial charge in [-0.2, -0.15) is 0 Å². The van der Waals surface area contributed by atoms with Gasteiger partial charge in [0.2, 0.25) is 5.95 Å². The third kappa shape index (κ3) is 3.13. The molecule has 0 unspecified atom stereocenters. The first-order chi connectivity index (χ1) is 9.72. The Labute approximate surface area is 131 Å². The summed E-state index contributed by atoms with van der Waals surface area (Å²) in [6.07, 6.45) is 4.37. The SMILES string of the molecule is Clc1nc(NCc2cccc(Br)c2)nc2c1CCCC2. The summed E-state index contributed by atoms with van der Waals surface area (Å²) in [7, 11) is 0. The zero-order valence-corrected chi connectivity index (χ0v) is 13.3. The first-order valence-electron chi connectivity index (χ1n) is 6.76. The van der Waals surface area contributed by atoms with Crippen LogP contribution in [-0.2, 0) is 19.4 Å². The highest BCUT2D eigenvalue weighted by atomic mass is 79.9. The molecule has 0 saturated heterocycles. The second-order valence-electron chi connectivity index (χ2n) is 4.95. The van der Waals surface area contributed by atoms with Crippen molar-refractivity contribution < 1.29 is 0 Å². The average Bonchev–Trinajstić information content (AvgIpc) is 2.45. The number of halogens is 2. The second kappa shape index (κ2) is 6.10. The predicted molar refractivity (Wildman–Crippen MR) is 85.2 cm³/mol. The van der Waals surface area contributed by atoms with Gasteiger partial charge in [-0.25, -0.2) is 9.97 Å². The van der Waals surface area contributed by atoms with Crippen LogP contribution in [0.25, 0.3) is 0 Å². The van der Waals surface area contributed by atoms with E-state index in [0.29, 0.717) is 17.6 Å². The highest BCUT2D eigenvalue weighted by molar-refractivity contribution is 9.10. The molecule has 1 aliphatic carbocycles. The summed E-state index contributed by atoms with van der Waals surface area (Å²) < 4.78 is 1.07. The van der Waals surface area contributed by atoms with Gasteiger partial charge in [-0.05, 0) is 43.4 Å². The van der Waals surface area contributed by atoms with E-state index in [2.05, 4.69) is 43.3 Å².